The van der Waals surface area contributed by atoms with E-state index in [1.54, 1.807) is 0 Å². The number of carbonyl (C=O) groups excluding carboxylic acids is 1. The van der Waals surface area contributed by atoms with Gasteiger partial charge in [0.2, 0.25) is 0 Å². The Kier molecular flexibility index (Phi) is 7.94. The lowest BCUT2D eigenvalue weighted by Crippen LogP contribution is -2.25. The molecular weight excluding hydrogens is 396 g/mol. The number of nitrogens with zero attached hydrogens (tertiary/aromatic N) is 2. The fourth-order valence-corrected chi connectivity index (χ4v) is 5.57. The summed E-state index contributed by atoms with van der Waals surface area (Å²) < 4.78 is 5.68. The molecule has 0 radical (unpaired) electrons. The molecule has 0 aliphatic heterocycles. The van der Waals surface area contributed by atoms with Crippen LogP contribution in [0.3, 0.4) is 0 Å². The van der Waals surface area contributed by atoms with Gasteiger partial charge in [0.25, 0.3) is 0 Å². The average Bonchev–Trinajstić information content (AvgIpc) is 2.85. The van der Waals surface area contributed by atoms with Gasteiger partial charge in [-0.25, -0.2) is 9.97 Å². The van der Waals surface area contributed by atoms with Crippen LogP contribution in [0.4, 0.5) is 0 Å². The van der Waals surface area contributed by atoms with Gasteiger partial charge in [0.15, 0.2) is 5.82 Å². The van der Waals surface area contributed by atoms with E-state index in [0.29, 0.717) is 11.7 Å². The second-order valence-electron chi connectivity index (χ2n) is 9.92. The first-order chi connectivity index (χ1) is 15.7. The SMILES string of the molecule is CCC[C@H]1CC[C@H](C(=O)Oc2ccc(-c3ncc([C@H]4CC[C@H](CC)CC4)cn3)cc2)CC1. The van der Waals surface area contributed by atoms with Gasteiger partial charge in [0.05, 0.1) is 5.92 Å². The van der Waals surface area contributed by atoms with Crippen LogP contribution in [0.5, 0.6) is 5.75 Å². The molecule has 0 bridgehead atoms. The van der Waals surface area contributed by atoms with E-state index in [0.717, 1.165) is 48.9 Å². The number of rotatable bonds is 7. The van der Waals surface area contributed by atoms with E-state index in [2.05, 4.69) is 23.8 Å². The zero-order valence-corrected chi connectivity index (χ0v) is 19.8. The first-order valence-corrected chi connectivity index (χ1v) is 12.8. The normalized spacial score (nSPS) is 25.9. The van der Waals surface area contributed by atoms with Gasteiger partial charge in [0.1, 0.15) is 5.75 Å². The predicted octanol–water partition coefficient (Wildman–Crippen LogP) is 7.34. The van der Waals surface area contributed by atoms with Crippen molar-refractivity contribution in [3.63, 3.8) is 0 Å². The molecule has 0 spiro atoms. The number of ether oxygens (including phenoxy) is 1. The first kappa shape index (κ1) is 22.9. The molecule has 0 N–H and O–H groups in total. The molecule has 0 atom stereocenters. The van der Waals surface area contributed by atoms with Crippen LogP contribution in [-0.2, 0) is 4.79 Å². The van der Waals surface area contributed by atoms with E-state index in [4.69, 9.17) is 4.74 Å². The second kappa shape index (κ2) is 11.1. The molecule has 0 amide bonds. The van der Waals surface area contributed by atoms with Gasteiger partial charge >= 0.3 is 5.97 Å². The highest BCUT2D eigenvalue weighted by atomic mass is 16.5. The van der Waals surface area contributed by atoms with Crippen molar-refractivity contribution in [3.8, 4) is 17.1 Å². The third-order valence-corrected chi connectivity index (χ3v) is 7.78. The maximum Gasteiger partial charge on any atom is 0.314 e. The monoisotopic (exact) mass is 434 g/mol. The highest BCUT2D eigenvalue weighted by Gasteiger charge is 2.27. The molecule has 2 aliphatic rings. The molecule has 1 heterocycles. The third kappa shape index (κ3) is 5.76. The summed E-state index contributed by atoms with van der Waals surface area (Å²) in [5.74, 6) is 3.60. The average molecular weight is 435 g/mol. The number of carbonyl (C=O) groups is 1. The Hall–Kier alpha value is -2.23. The smallest absolute Gasteiger partial charge is 0.314 e. The van der Waals surface area contributed by atoms with Crippen LogP contribution < -0.4 is 4.74 Å². The highest BCUT2D eigenvalue weighted by molar-refractivity contribution is 5.75. The van der Waals surface area contributed by atoms with Crippen LogP contribution in [-0.4, -0.2) is 15.9 Å². The molecule has 0 unspecified atom stereocenters. The number of aromatic nitrogens is 2. The summed E-state index contributed by atoms with van der Waals surface area (Å²) >= 11 is 0. The van der Waals surface area contributed by atoms with Crippen LogP contribution in [0.15, 0.2) is 36.7 Å². The Bertz CT molecular complexity index is 846. The zero-order valence-electron chi connectivity index (χ0n) is 19.8. The topological polar surface area (TPSA) is 52.1 Å². The van der Waals surface area contributed by atoms with Gasteiger partial charge in [0, 0.05) is 18.0 Å². The number of esters is 1. The van der Waals surface area contributed by atoms with Gasteiger partial charge in [-0.05, 0) is 98.9 Å². The Morgan fingerprint density at radius 3 is 2.09 bits per heavy atom. The quantitative estimate of drug-likeness (QED) is 0.338. The minimum atomic E-state index is -0.0777. The fraction of sp³-hybridized carbons (Fsp3) is 0.607. The summed E-state index contributed by atoms with van der Waals surface area (Å²) in [6.07, 6.45) is 17.2. The largest absolute Gasteiger partial charge is 0.426 e. The van der Waals surface area contributed by atoms with E-state index in [1.165, 1.54) is 50.5 Å². The Morgan fingerprint density at radius 2 is 1.50 bits per heavy atom. The Morgan fingerprint density at radius 1 is 0.875 bits per heavy atom. The van der Waals surface area contributed by atoms with Crippen molar-refractivity contribution in [2.75, 3.05) is 0 Å². The maximum atomic E-state index is 12.6. The van der Waals surface area contributed by atoms with Crippen molar-refractivity contribution in [1.29, 1.82) is 0 Å². The predicted molar refractivity (Wildman–Crippen MR) is 128 cm³/mol. The maximum absolute atomic E-state index is 12.6. The molecular formula is C28H38N2O2. The molecule has 4 nitrogen and oxygen atoms in total. The summed E-state index contributed by atoms with van der Waals surface area (Å²) in [4.78, 5) is 21.8. The van der Waals surface area contributed by atoms with Crippen LogP contribution in [0.2, 0.25) is 0 Å². The first-order valence-electron chi connectivity index (χ1n) is 12.8. The molecule has 2 fully saturated rings. The van der Waals surface area contributed by atoms with Crippen LogP contribution >= 0.6 is 0 Å². The van der Waals surface area contributed by atoms with E-state index in [1.807, 2.05) is 36.7 Å². The van der Waals surface area contributed by atoms with Crippen LogP contribution in [0.25, 0.3) is 11.4 Å². The molecule has 1 aromatic carbocycles. The van der Waals surface area contributed by atoms with E-state index in [-0.39, 0.29) is 11.9 Å². The lowest BCUT2D eigenvalue weighted by Gasteiger charge is -2.27. The Balaban J connectivity index is 1.30. The summed E-state index contributed by atoms with van der Waals surface area (Å²) in [7, 11) is 0. The molecule has 32 heavy (non-hydrogen) atoms. The summed E-state index contributed by atoms with van der Waals surface area (Å²) in [5.41, 5.74) is 2.22. The number of hydrogen-bond donors (Lipinski definition) is 0. The van der Waals surface area contributed by atoms with E-state index < -0.39 is 0 Å². The van der Waals surface area contributed by atoms with Crippen molar-refractivity contribution in [2.24, 2.45) is 17.8 Å². The molecule has 0 saturated heterocycles. The van der Waals surface area contributed by atoms with Crippen molar-refractivity contribution < 1.29 is 9.53 Å². The van der Waals surface area contributed by atoms with Crippen molar-refractivity contribution >= 4 is 5.97 Å². The molecule has 2 aliphatic carbocycles. The Labute approximate surface area is 193 Å². The van der Waals surface area contributed by atoms with Gasteiger partial charge < -0.3 is 4.74 Å². The zero-order chi connectivity index (χ0) is 22.3. The van der Waals surface area contributed by atoms with Crippen molar-refractivity contribution in [1.82, 2.24) is 9.97 Å². The lowest BCUT2D eigenvalue weighted by atomic mass is 9.78. The summed E-state index contributed by atoms with van der Waals surface area (Å²) in [5, 5.41) is 0. The summed E-state index contributed by atoms with van der Waals surface area (Å²) in [6, 6.07) is 7.61. The fourth-order valence-electron chi connectivity index (χ4n) is 5.57. The van der Waals surface area contributed by atoms with Gasteiger partial charge in [-0.1, -0.05) is 33.1 Å². The van der Waals surface area contributed by atoms with E-state index in [9.17, 15) is 4.79 Å². The number of benzene rings is 1. The molecule has 1 aromatic heterocycles. The molecule has 2 aromatic rings. The van der Waals surface area contributed by atoms with Crippen molar-refractivity contribution in [2.45, 2.75) is 90.4 Å². The van der Waals surface area contributed by atoms with Gasteiger partial charge in [-0.2, -0.15) is 0 Å². The molecule has 2 saturated carbocycles. The molecule has 4 rings (SSSR count). The minimum Gasteiger partial charge on any atom is -0.426 e. The van der Waals surface area contributed by atoms with Gasteiger partial charge in [-0.15, -0.1) is 0 Å². The van der Waals surface area contributed by atoms with Gasteiger partial charge in [-0.3, -0.25) is 4.79 Å². The molecule has 172 valence electrons. The van der Waals surface area contributed by atoms with Crippen LogP contribution in [0, 0.1) is 17.8 Å². The summed E-state index contributed by atoms with van der Waals surface area (Å²) in [6.45, 7) is 4.54. The second-order valence-corrected chi connectivity index (χ2v) is 9.92. The van der Waals surface area contributed by atoms with E-state index >= 15 is 0 Å². The minimum absolute atomic E-state index is 0.0473. The third-order valence-electron chi connectivity index (χ3n) is 7.78. The van der Waals surface area contributed by atoms with Crippen molar-refractivity contribution in [3.05, 3.63) is 42.2 Å². The standard InChI is InChI=1S/C28H38N2O2/c1-3-5-21-8-12-24(13-9-21)28(31)32-26-16-14-23(15-17-26)27-29-18-25(19-30-27)22-10-6-20(4-2)7-11-22/h14-22,24H,3-13H2,1-2H3/t20-,21-,22-,24-. The number of hydrogen-bond acceptors (Lipinski definition) is 4. The van der Waals surface area contributed by atoms with Crippen LogP contribution in [0.1, 0.15) is 96.0 Å². The lowest BCUT2D eigenvalue weighted by molar-refractivity contribution is -0.140. The molecule has 4 heteroatoms. The highest BCUT2D eigenvalue weighted by Crippen LogP contribution is 2.37.